The summed E-state index contributed by atoms with van der Waals surface area (Å²) < 4.78 is 18.3. The zero-order valence-electron chi connectivity index (χ0n) is 13.5. The molecule has 5 nitrogen and oxygen atoms in total. The normalized spacial score (nSPS) is 14.4. The van der Waals surface area contributed by atoms with Crippen molar-refractivity contribution in [3.63, 3.8) is 0 Å². The molecule has 1 fully saturated rings. The van der Waals surface area contributed by atoms with Crippen LogP contribution in [0.2, 0.25) is 0 Å². The van der Waals surface area contributed by atoms with Gasteiger partial charge in [-0.05, 0) is 42.5 Å². The second-order valence-electron chi connectivity index (χ2n) is 5.61. The standard InChI is InChI=1S/C18H20FN3O2/c1-24-17-7-5-16(6-8-17)21-9-11-22(12-10-21)18(23)20-15-4-2-3-14(19)13-15/h2-8,13H,9-12H2,1H3,(H,20,23). The quantitative estimate of drug-likeness (QED) is 0.940. The summed E-state index contributed by atoms with van der Waals surface area (Å²) in [6.45, 7) is 2.74. The van der Waals surface area contributed by atoms with Gasteiger partial charge in [-0.25, -0.2) is 9.18 Å². The topological polar surface area (TPSA) is 44.8 Å². The number of hydrogen-bond donors (Lipinski definition) is 1. The molecule has 0 aliphatic carbocycles. The fourth-order valence-corrected chi connectivity index (χ4v) is 2.73. The Hall–Kier alpha value is -2.76. The van der Waals surface area contributed by atoms with Crippen LogP contribution in [0.25, 0.3) is 0 Å². The van der Waals surface area contributed by atoms with Crippen LogP contribution in [0, 0.1) is 5.82 Å². The molecule has 2 aromatic carbocycles. The van der Waals surface area contributed by atoms with E-state index in [2.05, 4.69) is 10.2 Å². The van der Waals surface area contributed by atoms with E-state index >= 15 is 0 Å². The van der Waals surface area contributed by atoms with Crippen molar-refractivity contribution >= 4 is 17.4 Å². The molecule has 0 unspecified atom stereocenters. The molecule has 24 heavy (non-hydrogen) atoms. The number of rotatable bonds is 3. The number of amides is 2. The average Bonchev–Trinajstić information content (AvgIpc) is 2.62. The Morgan fingerprint density at radius 3 is 2.42 bits per heavy atom. The lowest BCUT2D eigenvalue weighted by molar-refractivity contribution is 0.208. The van der Waals surface area contributed by atoms with Crippen LogP contribution in [0.5, 0.6) is 5.75 Å². The third-order valence-corrected chi connectivity index (χ3v) is 4.08. The molecule has 0 aromatic heterocycles. The Bertz CT molecular complexity index is 698. The summed E-state index contributed by atoms with van der Waals surface area (Å²) in [5, 5.41) is 2.73. The largest absolute Gasteiger partial charge is 0.497 e. The molecule has 1 aliphatic rings. The molecule has 0 spiro atoms. The highest BCUT2D eigenvalue weighted by Crippen LogP contribution is 2.20. The van der Waals surface area contributed by atoms with Crippen molar-refractivity contribution in [3.05, 3.63) is 54.3 Å². The highest BCUT2D eigenvalue weighted by atomic mass is 19.1. The fourth-order valence-electron chi connectivity index (χ4n) is 2.73. The summed E-state index contributed by atoms with van der Waals surface area (Å²) in [7, 11) is 1.64. The first-order valence-corrected chi connectivity index (χ1v) is 7.86. The van der Waals surface area contributed by atoms with Gasteiger partial charge in [0.15, 0.2) is 0 Å². The number of urea groups is 1. The van der Waals surface area contributed by atoms with E-state index < -0.39 is 0 Å². The molecule has 3 rings (SSSR count). The number of anilines is 2. The van der Waals surface area contributed by atoms with Gasteiger partial charge in [0.2, 0.25) is 0 Å². The van der Waals surface area contributed by atoms with E-state index in [9.17, 15) is 9.18 Å². The van der Waals surface area contributed by atoms with E-state index in [0.717, 1.165) is 24.5 Å². The maximum atomic E-state index is 13.2. The second kappa shape index (κ2) is 7.21. The molecular formula is C18H20FN3O2. The van der Waals surface area contributed by atoms with Gasteiger partial charge >= 0.3 is 6.03 Å². The van der Waals surface area contributed by atoms with Gasteiger partial charge in [-0.1, -0.05) is 6.07 Å². The molecule has 126 valence electrons. The number of carbonyl (C=O) groups excluding carboxylic acids is 1. The number of piperazine rings is 1. The Morgan fingerprint density at radius 2 is 1.79 bits per heavy atom. The summed E-state index contributed by atoms with van der Waals surface area (Å²) in [5.74, 6) is 0.462. The zero-order valence-corrected chi connectivity index (χ0v) is 13.5. The van der Waals surface area contributed by atoms with Crippen LogP contribution in [0.15, 0.2) is 48.5 Å². The number of carbonyl (C=O) groups is 1. The molecule has 1 saturated heterocycles. The molecule has 2 aromatic rings. The number of hydrogen-bond acceptors (Lipinski definition) is 3. The number of halogens is 1. The first-order valence-electron chi connectivity index (χ1n) is 7.86. The van der Waals surface area contributed by atoms with Crippen LogP contribution in [-0.4, -0.2) is 44.2 Å². The zero-order chi connectivity index (χ0) is 16.9. The molecule has 0 saturated carbocycles. The number of benzene rings is 2. The van der Waals surface area contributed by atoms with Crippen molar-refractivity contribution < 1.29 is 13.9 Å². The van der Waals surface area contributed by atoms with Crippen LogP contribution in [0.1, 0.15) is 0 Å². The highest BCUT2D eigenvalue weighted by Gasteiger charge is 2.21. The predicted octanol–water partition coefficient (Wildman–Crippen LogP) is 3.19. The number of nitrogens with one attached hydrogen (secondary N) is 1. The Morgan fingerprint density at radius 1 is 1.08 bits per heavy atom. The van der Waals surface area contributed by atoms with Gasteiger partial charge in [0.25, 0.3) is 0 Å². The lowest BCUT2D eigenvalue weighted by Crippen LogP contribution is -2.50. The van der Waals surface area contributed by atoms with Gasteiger partial charge in [0.05, 0.1) is 7.11 Å². The minimum Gasteiger partial charge on any atom is -0.497 e. The van der Waals surface area contributed by atoms with Gasteiger partial charge < -0.3 is 19.9 Å². The van der Waals surface area contributed by atoms with Crippen molar-refractivity contribution in [1.82, 2.24) is 4.90 Å². The van der Waals surface area contributed by atoms with Crippen LogP contribution < -0.4 is 15.0 Å². The molecule has 0 bridgehead atoms. The van der Waals surface area contributed by atoms with Crippen LogP contribution in [-0.2, 0) is 0 Å². The van der Waals surface area contributed by atoms with Crippen molar-refractivity contribution in [2.75, 3.05) is 43.5 Å². The van der Waals surface area contributed by atoms with Gasteiger partial charge in [-0.15, -0.1) is 0 Å². The van der Waals surface area contributed by atoms with Crippen LogP contribution >= 0.6 is 0 Å². The van der Waals surface area contributed by atoms with E-state index in [1.165, 1.54) is 12.1 Å². The molecule has 1 aliphatic heterocycles. The van der Waals surface area contributed by atoms with E-state index in [1.54, 1.807) is 24.1 Å². The Balaban J connectivity index is 1.55. The summed E-state index contributed by atoms with van der Waals surface area (Å²) in [6, 6.07) is 13.6. The third-order valence-electron chi connectivity index (χ3n) is 4.08. The maximum absolute atomic E-state index is 13.2. The van der Waals surface area contributed by atoms with Gasteiger partial charge in [0, 0.05) is 37.6 Å². The smallest absolute Gasteiger partial charge is 0.321 e. The van der Waals surface area contributed by atoms with Gasteiger partial charge in [-0.3, -0.25) is 0 Å². The lowest BCUT2D eigenvalue weighted by atomic mass is 10.2. The van der Waals surface area contributed by atoms with Crippen LogP contribution in [0.4, 0.5) is 20.6 Å². The number of ether oxygens (including phenoxy) is 1. The fraction of sp³-hybridized carbons (Fsp3) is 0.278. The van der Waals surface area contributed by atoms with Crippen molar-refractivity contribution in [1.29, 1.82) is 0 Å². The summed E-state index contributed by atoms with van der Waals surface area (Å²) in [6.07, 6.45) is 0. The molecule has 0 radical (unpaired) electrons. The number of methoxy groups -OCH3 is 1. The third kappa shape index (κ3) is 3.76. The minimum atomic E-state index is -0.364. The molecule has 2 amide bonds. The predicted molar refractivity (Wildman–Crippen MR) is 92.2 cm³/mol. The maximum Gasteiger partial charge on any atom is 0.321 e. The van der Waals surface area contributed by atoms with E-state index in [1.807, 2.05) is 24.3 Å². The second-order valence-corrected chi connectivity index (χ2v) is 5.61. The van der Waals surface area contributed by atoms with Gasteiger partial charge in [0.1, 0.15) is 11.6 Å². The van der Waals surface area contributed by atoms with E-state index in [0.29, 0.717) is 18.8 Å². The SMILES string of the molecule is COc1ccc(N2CCN(C(=O)Nc3cccc(F)c3)CC2)cc1. The van der Waals surface area contributed by atoms with E-state index in [4.69, 9.17) is 4.74 Å². The molecular weight excluding hydrogens is 309 g/mol. The average molecular weight is 329 g/mol. The van der Waals surface area contributed by atoms with Crippen molar-refractivity contribution in [2.45, 2.75) is 0 Å². The van der Waals surface area contributed by atoms with Gasteiger partial charge in [-0.2, -0.15) is 0 Å². The minimum absolute atomic E-state index is 0.199. The monoisotopic (exact) mass is 329 g/mol. The summed E-state index contributed by atoms with van der Waals surface area (Å²) in [5.41, 5.74) is 1.58. The number of nitrogens with zero attached hydrogens (tertiary/aromatic N) is 2. The summed E-state index contributed by atoms with van der Waals surface area (Å²) >= 11 is 0. The van der Waals surface area contributed by atoms with Crippen molar-refractivity contribution in [3.8, 4) is 5.75 Å². The van der Waals surface area contributed by atoms with Crippen molar-refractivity contribution in [2.24, 2.45) is 0 Å². The molecule has 1 heterocycles. The highest BCUT2D eigenvalue weighted by molar-refractivity contribution is 5.89. The Labute approximate surface area is 140 Å². The summed E-state index contributed by atoms with van der Waals surface area (Å²) in [4.78, 5) is 16.2. The first-order chi connectivity index (χ1) is 11.7. The molecule has 1 N–H and O–H groups in total. The molecule has 0 atom stereocenters. The van der Waals surface area contributed by atoms with Crippen LogP contribution in [0.3, 0.4) is 0 Å². The first kappa shape index (κ1) is 16.1. The molecule has 6 heteroatoms. The lowest BCUT2D eigenvalue weighted by Gasteiger charge is -2.36. The Kier molecular flexibility index (Phi) is 4.84. The van der Waals surface area contributed by atoms with E-state index in [-0.39, 0.29) is 11.8 Å².